The number of methoxy groups -OCH3 is 2. The Hall–Kier alpha value is -3.75. The second-order valence-electron chi connectivity index (χ2n) is 10.7. The predicted molar refractivity (Wildman–Crippen MR) is 151 cm³/mol. The first kappa shape index (κ1) is 33.6. The lowest BCUT2D eigenvalue weighted by Crippen LogP contribution is -2.65. The zero-order valence-corrected chi connectivity index (χ0v) is 24.4. The van der Waals surface area contributed by atoms with Gasteiger partial charge in [0, 0.05) is 24.3 Å². The van der Waals surface area contributed by atoms with E-state index >= 15 is 0 Å². The summed E-state index contributed by atoms with van der Waals surface area (Å²) in [6.07, 6.45) is -17.1. The molecule has 0 saturated carbocycles. The largest absolute Gasteiger partial charge is 0.507 e. The summed E-state index contributed by atoms with van der Waals surface area (Å²) < 4.78 is 39.1. The van der Waals surface area contributed by atoms with Gasteiger partial charge in [0.1, 0.15) is 65.7 Å². The number of aliphatic hydroxyl groups excluding tert-OH is 7. The predicted octanol–water partition coefficient (Wildman–Crippen LogP) is -1.48. The zero-order chi connectivity index (χ0) is 33.4. The lowest BCUT2D eigenvalue weighted by molar-refractivity contribution is -0.352. The molecule has 46 heavy (non-hydrogen) atoms. The van der Waals surface area contributed by atoms with Gasteiger partial charge in [-0.2, -0.15) is 0 Å². The Morgan fingerprint density at radius 2 is 1.30 bits per heavy atom. The van der Waals surface area contributed by atoms with Gasteiger partial charge in [-0.25, -0.2) is 4.42 Å². The van der Waals surface area contributed by atoms with Gasteiger partial charge in [-0.3, -0.25) is 0 Å². The van der Waals surface area contributed by atoms with Gasteiger partial charge in [0.15, 0.2) is 17.8 Å². The monoisotopic (exact) mass is 655 g/mol. The minimum Gasteiger partial charge on any atom is -0.507 e. The summed E-state index contributed by atoms with van der Waals surface area (Å²) in [4.78, 5) is 0. The molecule has 2 aliphatic rings. The molecule has 17 nitrogen and oxygen atoms in total. The molecule has 17 heteroatoms. The average Bonchev–Trinajstić information content (AvgIpc) is 3.04. The molecule has 2 aromatic carbocycles. The van der Waals surface area contributed by atoms with E-state index in [-0.39, 0.29) is 51.0 Å². The number of rotatable bonds is 9. The quantitative estimate of drug-likeness (QED) is 0.118. The second kappa shape index (κ2) is 13.5. The van der Waals surface area contributed by atoms with Crippen molar-refractivity contribution < 1.29 is 83.9 Å². The molecule has 0 bridgehead atoms. The molecule has 2 fully saturated rings. The van der Waals surface area contributed by atoms with Gasteiger partial charge < -0.3 is 79.5 Å². The number of hydrogen-bond acceptors (Lipinski definition) is 16. The van der Waals surface area contributed by atoms with E-state index in [0.717, 1.165) is 6.07 Å². The third-order valence-corrected chi connectivity index (χ3v) is 7.76. The minimum atomic E-state index is -1.90. The fourth-order valence-electron chi connectivity index (χ4n) is 5.27. The summed E-state index contributed by atoms with van der Waals surface area (Å²) in [5, 5.41) is 103. The van der Waals surface area contributed by atoms with Gasteiger partial charge in [-0.15, -0.1) is 0 Å². The molecule has 3 aromatic rings. The summed E-state index contributed by atoms with van der Waals surface area (Å²) in [5.74, 6) is -1.43. The highest BCUT2D eigenvalue weighted by Crippen LogP contribution is 2.45. The van der Waals surface area contributed by atoms with Gasteiger partial charge in [0.25, 0.3) is 0 Å². The van der Waals surface area contributed by atoms with Crippen molar-refractivity contribution in [2.24, 2.45) is 0 Å². The Balaban J connectivity index is 1.55. The standard InChI is InChI=1S/C29H34O17/c1-40-15-3-10(4-16(41-2)20(15)34)26-17(7-12-13(33)5-11(32)6-14(12)42-26)43-29-25(39)27(22(36)19(9-31)45-29)46-28-24(38)23(37)21(35)18(8-30)44-28/h3-7,18-19,21-25,27-31,35-39H,8-9H2,1-2H3,(H2-,32,33,34)/p+1. The Bertz CT molecular complexity index is 1510. The molecular weight excluding hydrogens is 620 g/mol. The van der Waals surface area contributed by atoms with E-state index in [4.69, 9.17) is 32.8 Å². The maximum absolute atomic E-state index is 11.3. The summed E-state index contributed by atoms with van der Waals surface area (Å²) in [7, 11) is 2.59. The maximum Gasteiger partial charge on any atom is 0.402 e. The van der Waals surface area contributed by atoms with Crippen molar-refractivity contribution >= 4 is 11.0 Å². The van der Waals surface area contributed by atoms with Crippen molar-refractivity contribution in [2.75, 3.05) is 27.4 Å². The van der Waals surface area contributed by atoms with Crippen LogP contribution in [0.25, 0.3) is 22.3 Å². The van der Waals surface area contributed by atoms with E-state index in [1.165, 1.54) is 38.5 Å². The normalized spacial score (nSPS) is 31.5. The first-order valence-electron chi connectivity index (χ1n) is 14.0. The minimum absolute atomic E-state index is 0.0107. The molecule has 10 N–H and O–H groups in total. The van der Waals surface area contributed by atoms with Crippen LogP contribution in [0.15, 0.2) is 34.7 Å². The number of benzene rings is 2. The van der Waals surface area contributed by atoms with E-state index in [2.05, 4.69) is 0 Å². The van der Waals surface area contributed by atoms with Gasteiger partial charge >= 0.3 is 11.3 Å². The molecule has 0 amide bonds. The highest BCUT2D eigenvalue weighted by molar-refractivity contribution is 5.88. The Labute approximate surface area is 260 Å². The molecule has 10 unspecified atom stereocenters. The second-order valence-corrected chi connectivity index (χ2v) is 10.7. The SMILES string of the molecule is COc1cc(-c2[o+]c3cc(O)cc(O)c3cc2OC2OC(CO)C(O)C(OC3OC(CO)C(O)C(O)C3O)C2O)cc(OC)c1O. The van der Waals surface area contributed by atoms with Crippen molar-refractivity contribution in [3.05, 3.63) is 30.3 Å². The van der Waals surface area contributed by atoms with E-state index in [1.54, 1.807) is 0 Å². The third kappa shape index (κ3) is 6.17. The van der Waals surface area contributed by atoms with E-state index in [1.807, 2.05) is 0 Å². The maximum atomic E-state index is 11.3. The van der Waals surface area contributed by atoms with E-state index < -0.39 is 80.4 Å². The number of phenolic OH excluding ortho intramolecular Hbond substituents is 3. The molecule has 0 spiro atoms. The summed E-state index contributed by atoms with van der Waals surface area (Å²) in [6.45, 7) is -1.57. The number of phenols is 3. The molecule has 3 heterocycles. The van der Waals surface area contributed by atoms with Crippen molar-refractivity contribution in [3.63, 3.8) is 0 Å². The molecule has 0 aliphatic carbocycles. The smallest absolute Gasteiger partial charge is 0.402 e. The Morgan fingerprint density at radius 3 is 1.91 bits per heavy atom. The molecular formula is C29H35O17+. The summed E-state index contributed by atoms with van der Waals surface area (Å²) >= 11 is 0. The third-order valence-electron chi connectivity index (χ3n) is 7.76. The highest BCUT2D eigenvalue weighted by Gasteiger charge is 2.51. The van der Waals surface area contributed by atoms with Crippen LogP contribution < -0.4 is 14.2 Å². The van der Waals surface area contributed by atoms with Gasteiger partial charge in [-0.05, 0) is 0 Å². The van der Waals surface area contributed by atoms with Crippen molar-refractivity contribution in [1.82, 2.24) is 0 Å². The van der Waals surface area contributed by atoms with E-state index in [9.17, 15) is 51.1 Å². The Morgan fingerprint density at radius 1 is 0.696 bits per heavy atom. The first-order chi connectivity index (χ1) is 21.9. The number of aromatic hydroxyl groups is 3. The molecule has 1 aromatic heterocycles. The molecule has 2 aliphatic heterocycles. The Kier molecular flexibility index (Phi) is 9.89. The van der Waals surface area contributed by atoms with Crippen LogP contribution >= 0.6 is 0 Å². The lowest BCUT2D eigenvalue weighted by Gasteiger charge is -2.45. The molecule has 252 valence electrons. The topological polar surface area (TPSA) is 269 Å². The van der Waals surface area contributed by atoms with Crippen LogP contribution in [0.5, 0.6) is 34.5 Å². The van der Waals surface area contributed by atoms with Crippen molar-refractivity contribution in [1.29, 1.82) is 0 Å². The summed E-state index contributed by atoms with van der Waals surface area (Å²) in [6, 6.07) is 6.27. The van der Waals surface area contributed by atoms with Crippen LogP contribution in [0, 0.1) is 0 Å². The lowest BCUT2D eigenvalue weighted by atomic mass is 9.97. The molecule has 2 saturated heterocycles. The molecule has 5 rings (SSSR count). The van der Waals surface area contributed by atoms with Crippen molar-refractivity contribution in [3.8, 4) is 45.8 Å². The van der Waals surface area contributed by atoms with Gasteiger partial charge in [0.2, 0.25) is 17.8 Å². The van der Waals surface area contributed by atoms with E-state index in [0.29, 0.717) is 0 Å². The van der Waals surface area contributed by atoms with Gasteiger partial charge in [-0.1, -0.05) is 0 Å². The zero-order valence-electron chi connectivity index (χ0n) is 24.4. The number of ether oxygens (including phenoxy) is 6. The number of hydrogen-bond donors (Lipinski definition) is 10. The average molecular weight is 656 g/mol. The van der Waals surface area contributed by atoms with Crippen LogP contribution in [0.1, 0.15) is 0 Å². The van der Waals surface area contributed by atoms with Crippen LogP contribution in [0.3, 0.4) is 0 Å². The van der Waals surface area contributed by atoms with Crippen molar-refractivity contribution in [2.45, 2.75) is 61.4 Å². The number of fused-ring (bicyclic) bond motifs is 1. The van der Waals surface area contributed by atoms with Crippen LogP contribution in [0.2, 0.25) is 0 Å². The van der Waals surface area contributed by atoms with Crippen LogP contribution in [-0.2, 0) is 14.2 Å². The van der Waals surface area contributed by atoms with Crippen LogP contribution in [0.4, 0.5) is 0 Å². The number of aliphatic hydroxyl groups is 7. The summed E-state index contributed by atoms with van der Waals surface area (Å²) in [5.41, 5.74) is 0.174. The van der Waals surface area contributed by atoms with Gasteiger partial charge in [0.05, 0.1) is 39.1 Å². The first-order valence-corrected chi connectivity index (χ1v) is 14.0. The molecule has 0 radical (unpaired) electrons. The molecule has 10 atom stereocenters. The fraction of sp³-hybridized carbons (Fsp3) is 0.483. The fourth-order valence-corrected chi connectivity index (χ4v) is 5.27. The van der Waals surface area contributed by atoms with Crippen LogP contribution in [-0.4, -0.2) is 140 Å². The highest BCUT2D eigenvalue weighted by atomic mass is 16.7.